The van der Waals surface area contributed by atoms with Gasteiger partial charge in [-0.25, -0.2) is 9.07 Å². The summed E-state index contributed by atoms with van der Waals surface area (Å²) in [5.74, 6) is -0.808. The maximum atomic E-state index is 13.3. The van der Waals surface area contributed by atoms with Gasteiger partial charge in [-0.15, -0.1) is 5.10 Å². The Bertz CT molecular complexity index is 954. The van der Waals surface area contributed by atoms with Gasteiger partial charge in [0.05, 0.1) is 16.4 Å². The molecule has 0 aliphatic rings. The first kappa shape index (κ1) is 18.1. The summed E-state index contributed by atoms with van der Waals surface area (Å²) in [4.78, 5) is 12.4. The molecule has 1 amide bonds. The number of aryl methyl sites for hydroxylation is 1. The van der Waals surface area contributed by atoms with Gasteiger partial charge in [-0.1, -0.05) is 46.6 Å². The van der Waals surface area contributed by atoms with Crippen LogP contribution in [0.3, 0.4) is 0 Å². The van der Waals surface area contributed by atoms with Crippen molar-refractivity contribution < 1.29 is 9.18 Å². The summed E-state index contributed by atoms with van der Waals surface area (Å²) in [7, 11) is 0. The molecule has 0 atom stereocenters. The zero-order valence-electron chi connectivity index (χ0n) is 14.5. The predicted molar refractivity (Wildman–Crippen MR) is 98.3 cm³/mol. The second-order valence-electron chi connectivity index (χ2n) is 6.03. The van der Waals surface area contributed by atoms with E-state index >= 15 is 0 Å². The van der Waals surface area contributed by atoms with Crippen molar-refractivity contribution in [3.8, 4) is 5.69 Å². The first-order chi connectivity index (χ1) is 12.5. The van der Waals surface area contributed by atoms with Crippen LogP contribution in [-0.4, -0.2) is 27.4 Å². The summed E-state index contributed by atoms with van der Waals surface area (Å²) >= 11 is 5.81. The van der Waals surface area contributed by atoms with Gasteiger partial charge in [0, 0.05) is 6.54 Å². The highest BCUT2D eigenvalue weighted by molar-refractivity contribution is 6.30. The molecule has 0 aliphatic heterocycles. The van der Waals surface area contributed by atoms with Crippen molar-refractivity contribution >= 4 is 17.5 Å². The van der Waals surface area contributed by atoms with Gasteiger partial charge >= 0.3 is 0 Å². The maximum absolute atomic E-state index is 13.3. The Hall–Kier alpha value is -2.73. The van der Waals surface area contributed by atoms with Gasteiger partial charge in [0.15, 0.2) is 5.69 Å². The zero-order chi connectivity index (χ0) is 18.7. The van der Waals surface area contributed by atoms with Crippen LogP contribution in [0.2, 0.25) is 5.02 Å². The van der Waals surface area contributed by atoms with Crippen molar-refractivity contribution in [3.63, 3.8) is 0 Å². The molecule has 0 radical (unpaired) electrons. The average molecular weight is 373 g/mol. The lowest BCUT2D eigenvalue weighted by Gasteiger charge is -2.06. The molecule has 1 heterocycles. The van der Waals surface area contributed by atoms with Crippen molar-refractivity contribution in [1.29, 1.82) is 0 Å². The highest BCUT2D eigenvalue weighted by atomic mass is 35.5. The van der Waals surface area contributed by atoms with Crippen molar-refractivity contribution in [2.75, 3.05) is 6.54 Å². The standard InChI is InChI=1S/C19H18ClFN4O/c1-12-4-3-5-14(10-12)8-9-22-19(26)18-13(2)25(24-23-18)15-6-7-17(21)16(20)11-15/h3-7,10-11H,8-9H2,1-2H3,(H,22,26). The number of benzene rings is 2. The molecule has 3 rings (SSSR count). The van der Waals surface area contributed by atoms with Crippen LogP contribution in [0.4, 0.5) is 4.39 Å². The SMILES string of the molecule is Cc1cccc(CCNC(=O)c2nnn(-c3ccc(F)c(Cl)c3)c2C)c1. The van der Waals surface area contributed by atoms with E-state index in [-0.39, 0.29) is 16.6 Å². The first-order valence-corrected chi connectivity index (χ1v) is 8.55. The third kappa shape index (κ3) is 3.91. The van der Waals surface area contributed by atoms with Crippen LogP contribution in [0.5, 0.6) is 0 Å². The van der Waals surface area contributed by atoms with E-state index in [0.29, 0.717) is 17.9 Å². The minimum atomic E-state index is -0.512. The van der Waals surface area contributed by atoms with Gasteiger partial charge in [-0.2, -0.15) is 0 Å². The number of hydrogen-bond acceptors (Lipinski definition) is 3. The Morgan fingerprint density at radius 2 is 2.04 bits per heavy atom. The molecule has 5 nitrogen and oxygen atoms in total. The minimum Gasteiger partial charge on any atom is -0.350 e. The van der Waals surface area contributed by atoms with Crippen LogP contribution in [0.25, 0.3) is 5.69 Å². The number of amides is 1. The maximum Gasteiger partial charge on any atom is 0.273 e. The van der Waals surface area contributed by atoms with E-state index in [1.54, 1.807) is 6.92 Å². The Kier molecular flexibility index (Phi) is 5.32. The normalized spacial score (nSPS) is 10.8. The molecule has 0 saturated carbocycles. The minimum absolute atomic E-state index is 0.0124. The molecule has 0 saturated heterocycles. The van der Waals surface area contributed by atoms with Gasteiger partial charge in [0.1, 0.15) is 5.82 Å². The van der Waals surface area contributed by atoms with E-state index in [9.17, 15) is 9.18 Å². The molecule has 3 aromatic rings. The molecule has 0 fully saturated rings. The quantitative estimate of drug-likeness (QED) is 0.743. The van der Waals surface area contributed by atoms with Crippen LogP contribution in [-0.2, 0) is 6.42 Å². The summed E-state index contributed by atoms with van der Waals surface area (Å²) in [5, 5.41) is 10.8. The molecule has 0 spiro atoms. The topological polar surface area (TPSA) is 59.8 Å². The summed E-state index contributed by atoms with van der Waals surface area (Å²) in [6.07, 6.45) is 0.730. The molecule has 1 N–H and O–H groups in total. The molecule has 1 aromatic heterocycles. The predicted octanol–water partition coefficient (Wildman–Crippen LogP) is 3.65. The molecule has 2 aromatic carbocycles. The van der Waals surface area contributed by atoms with Gasteiger partial charge in [-0.05, 0) is 44.0 Å². The Morgan fingerprint density at radius 1 is 1.23 bits per heavy atom. The summed E-state index contributed by atoms with van der Waals surface area (Å²) in [6, 6.07) is 12.4. The number of hydrogen-bond donors (Lipinski definition) is 1. The first-order valence-electron chi connectivity index (χ1n) is 8.17. The molecular formula is C19H18ClFN4O. The van der Waals surface area contributed by atoms with E-state index in [2.05, 4.69) is 21.7 Å². The molecule has 0 bridgehead atoms. The Labute approximate surface area is 155 Å². The third-order valence-corrected chi connectivity index (χ3v) is 4.33. The van der Waals surface area contributed by atoms with Crippen molar-refractivity contribution in [2.24, 2.45) is 0 Å². The van der Waals surface area contributed by atoms with Crippen molar-refractivity contribution in [3.05, 3.63) is 75.8 Å². The number of halogens is 2. The van der Waals surface area contributed by atoms with Crippen molar-refractivity contribution in [2.45, 2.75) is 20.3 Å². The van der Waals surface area contributed by atoms with Crippen LogP contribution in [0.1, 0.15) is 27.3 Å². The molecule has 26 heavy (non-hydrogen) atoms. The van der Waals surface area contributed by atoms with E-state index in [4.69, 9.17) is 11.6 Å². The van der Waals surface area contributed by atoms with E-state index in [1.807, 2.05) is 25.1 Å². The number of rotatable bonds is 5. The third-order valence-electron chi connectivity index (χ3n) is 4.04. The Morgan fingerprint density at radius 3 is 2.77 bits per heavy atom. The molecule has 0 unspecified atom stereocenters. The molecule has 7 heteroatoms. The molecule has 134 valence electrons. The molecular weight excluding hydrogens is 355 g/mol. The zero-order valence-corrected chi connectivity index (χ0v) is 15.2. The van der Waals surface area contributed by atoms with Gasteiger partial charge in [0.2, 0.25) is 0 Å². The van der Waals surface area contributed by atoms with Crippen LogP contribution in [0, 0.1) is 19.7 Å². The highest BCUT2D eigenvalue weighted by Crippen LogP contribution is 2.20. The lowest BCUT2D eigenvalue weighted by Crippen LogP contribution is -2.26. The van der Waals surface area contributed by atoms with Crippen LogP contribution >= 0.6 is 11.6 Å². The fourth-order valence-corrected chi connectivity index (χ4v) is 2.85. The second-order valence-corrected chi connectivity index (χ2v) is 6.44. The fourth-order valence-electron chi connectivity index (χ4n) is 2.67. The van der Waals surface area contributed by atoms with Crippen LogP contribution < -0.4 is 5.32 Å². The largest absolute Gasteiger partial charge is 0.350 e. The van der Waals surface area contributed by atoms with Gasteiger partial charge < -0.3 is 5.32 Å². The highest BCUT2D eigenvalue weighted by Gasteiger charge is 2.17. The Balaban J connectivity index is 1.68. The average Bonchev–Trinajstić information content (AvgIpc) is 2.99. The number of carbonyl (C=O) groups is 1. The second kappa shape index (κ2) is 7.66. The fraction of sp³-hybridized carbons (Fsp3) is 0.211. The van der Waals surface area contributed by atoms with Crippen LogP contribution in [0.15, 0.2) is 42.5 Å². The van der Waals surface area contributed by atoms with E-state index in [1.165, 1.54) is 28.4 Å². The van der Waals surface area contributed by atoms with Gasteiger partial charge in [-0.3, -0.25) is 4.79 Å². The lowest BCUT2D eigenvalue weighted by molar-refractivity contribution is 0.0948. The summed E-state index contributed by atoms with van der Waals surface area (Å²) in [5.41, 5.74) is 3.67. The summed E-state index contributed by atoms with van der Waals surface area (Å²) < 4.78 is 14.8. The van der Waals surface area contributed by atoms with E-state index < -0.39 is 5.82 Å². The number of aromatic nitrogens is 3. The molecule has 0 aliphatic carbocycles. The monoisotopic (exact) mass is 372 g/mol. The van der Waals surface area contributed by atoms with Crippen molar-refractivity contribution in [1.82, 2.24) is 20.3 Å². The van der Waals surface area contributed by atoms with Gasteiger partial charge in [0.25, 0.3) is 5.91 Å². The van der Waals surface area contributed by atoms with E-state index in [0.717, 1.165) is 12.0 Å². The number of nitrogens with zero attached hydrogens (tertiary/aromatic N) is 3. The number of carbonyl (C=O) groups excluding carboxylic acids is 1. The summed E-state index contributed by atoms with van der Waals surface area (Å²) in [6.45, 7) is 4.26. The lowest BCUT2D eigenvalue weighted by atomic mass is 10.1. The smallest absolute Gasteiger partial charge is 0.273 e. The number of nitrogens with one attached hydrogen (secondary N) is 1.